The smallest absolute Gasteiger partial charge is 0.225 e. The summed E-state index contributed by atoms with van der Waals surface area (Å²) < 4.78 is 0. The lowest BCUT2D eigenvalue weighted by Gasteiger charge is -2.26. The molecule has 0 aromatic heterocycles. The summed E-state index contributed by atoms with van der Waals surface area (Å²) in [7, 11) is 0. The zero-order valence-electron chi connectivity index (χ0n) is 16.3. The number of nitrogens with one attached hydrogen (secondary N) is 3. The number of aryl methyl sites for hydroxylation is 2. The number of aliphatic imine (C=N–C) groups is 1. The number of hydrogen-bond acceptors (Lipinski definition) is 2. The van der Waals surface area contributed by atoms with E-state index >= 15 is 0 Å². The molecule has 0 fully saturated rings. The van der Waals surface area contributed by atoms with E-state index in [2.05, 4.69) is 61.0 Å². The standard InChI is InChI=1S/C22H28N4O/c1-4-23-22(24-13-17-10-9-15(2)11-16(17)3)25-14-18-12-21(27)26-20-8-6-5-7-19(18)20/h5-11,18H,4,12-14H2,1-3H3,(H,26,27)(H2,23,24,25). The Morgan fingerprint density at radius 1 is 1.19 bits per heavy atom. The van der Waals surface area contributed by atoms with Gasteiger partial charge in [-0.15, -0.1) is 0 Å². The van der Waals surface area contributed by atoms with E-state index in [-0.39, 0.29) is 11.8 Å². The summed E-state index contributed by atoms with van der Waals surface area (Å²) in [6, 6.07) is 14.4. The average Bonchev–Trinajstić information content (AvgIpc) is 2.64. The fourth-order valence-corrected chi connectivity index (χ4v) is 3.43. The highest BCUT2D eigenvalue weighted by Gasteiger charge is 2.24. The van der Waals surface area contributed by atoms with Crippen LogP contribution in [-0.2, 0) is 11.3 Å². The van der Waals surface area contributed by atoms with E-state index in [9.17, 15) is 4.79 Å². The van der Waals surface area contributed by atoms with Crippen molar-refractivity contribution in [2.45, 2.75) is 39.7 Å². The quantitative estimate of drug-likeness (QED) is 0.562. The van der Waals surface area contributed by atoms with Gasteiger partial charge in [0, 0.05) is 31.1 Å². The second-order valence-corrected chi connectivity index (χ2v) is 7.04. The van der Waals surface area contributed by atoms with Crippen LogP contribution in [0.4, 0.5) is 5.69 Å². The van der Waals surface area contributed by atoms with Crippen molar-refractivity contribution < 1.29 is 4.79 Å². The van der Waals surface area contributed by atoms with E-state index in [0.29, 0.717) is 19.5 Å². The van der Waals surface area contributed by atoms with Crippen LogP contribution in [0, 0.1) is 13.8 Å². The topological polar surface area (TPSA) is 65.5 Å². The van der Waals surface area contributed by atoms with Crippen LogP contribution in [0.1, 0.15) is 41.5 Å². The van der Waals surface area contributed by atoms with Gasteiger partial charge in [0.15, 0.2) is 5.96 Å². The summed E-state index contributed by atoms with van der Waals surface area (Å²) in [6.07, 6.45) is 0.487. The van der Waals surface area contributed by atoms with Crippen molar-refractivity contribution in [3.63, 3.8) is 0 Å². The van der Waals surface area contributed by atoms with Crippen LogP contribution in [0.2, 0.25) is 0 Å². The van der Waals surface area contributed by atoms with Crippen LogP contribution in [0.3, 0.4) is 0 Å². The number of nitrogens with zero attached hydrogens (tertiary/aromatic N) is 1. The molecule has 0 spiro atoms. The van der Waals surface area contributed by atoms with Gasteiger partial charge in [-0.2, -0.15) is 0 Å². The maximum Gasteiger partial charge on any atom is 0.225 e. The van der Waals surface area contributed by atoms with E-state index in [0.717, 1.165) is 18.2 Å². The van der Waals surface area contributed by atoms with Crippen LogP contribution in [0.5, 0.6) is 0 Å². The van der Waals surface area contributed by atoms with Gasteiger partial charge in [0.2, 0.25) is 5.91 Å². The Kier molecular flexibility index (Phi) is 6.12. The molecule has 0 aliphatic carbocycles. The molecule has 0 saturated heterocycles. The molecule has 5 heteroatoms. The highest BCUT2D eigenvalue weighted by Crippen LogP contribution is 2.31. The summed E-state index contributed by atoms with van der Waals surface area (Å²) in [5, 5.41) is 9.66. The second kappa shape index (κ2) is 8.71. The third-order valence-corrected chi connectivity index (χ3v) is 4.87. The maximum absolute atomic E-state index is 12.0. The van der Waals surface area contributed by atoms with Crippen molar-refractivity contribution in [1.82, 2.24) is 10.6 Å². The van der Waals surface area contributed by atoms with Crippen molar-refractivity contribution in [3.8, 4) is 0 Å². The van der Waals surface area contributed by atoms with Crippen LogP contribution in [0.15, 0.2) is 47.5 Å². The van der Waals surface area contributed by atoms with Crippen molar-refractivity contribution >= 4 is 17.6 Å². The molecule has 1 unspecified atom stereocenters. The van der Waals surface area contributed by atoms with Crippen molar-refractivity contribution in [1.29, 1.82) is 0 Å². The summed E-state index contributed by atoms with van der Waals surface area (Å²) >= 11 is 0. The number of guanidine groups is 1. The molecule has 3 N–H and O–H groups in total. The summed E-state index contributed by atoms with van der Waals surface area (Å²) in [5.41, 5.74) is 5.83. The first-order chi connectivity index (χ1) is 13.1. The van der Waals surface area contributed by atoms with Gasteiger partial charge in [0.1, 0.15) is 0 Å². The second-order valence-electron chi connectivity index (χ2n) is 7.04. The Balaban J connectivity index is 1.69. The van der Waals surface area contributed by atoms with Crippen LogP contribution in [-0.4, -0.2) is 25.0 Å². The number of para-hydroxylation sites is 1. The number of fused-ring (bicyclic) bond motifs is 1. The molecule has 1 aliphatic heterocycles. The van der Waals surface area contributed by atoms with Gasteiger partial charge >= 0.3 is 0 Å². The predicted octanol–water partition coefficient (Wildman–Crippen LogP) is 3.48. The van der Waals surface area contributed by atoms with E-state index in [1.165, 1.54) is 22.3 Å². The molecule has 3 rings (SSSR count). The Bertz CT molecular complexity index is 844. The minimum atomic E-state index is 0.0673. The third kappa shape index (κ3) is 4.88. The van der Waals surface area contributed by atoms with Gasteiger partial charge in [-0.05, 0) is 43.5 Å². The van der Waals surface area contributed by atoms with Gasteiger partial charge in [0.05, 0.1) is 6.54 Å². The monoisotopic (exact) mass is 364 g/mol. The third-order valence-electron chi connectivity index (χ3n) is 4.87. The molecular weight excluding hydrogens is 336 g/mol. The molecule has 0 radical (unpaired) electrons. The molecule has 1 amide bonds. The van der Waals surface area contributed by atoms with Crippen molar-refractivity contribution in [3.05, 3.63) is 64.7 Å². The fraction of sp³-hybridized carbons (Fsp3) is 0.364. The number of carbonyl (C=O) groups is 1. The minimum absolute atomic E-state index is 0.0673. The van der Waals surface area contributed by atoms with E-state index in [1.807, 2.05) is 18.2 Å². The van der Waals surface area contributed by atoms with Gasteiger partial charge < -0.3 is 16.0 Å². The maximum atomic E-state index is 12.0. The number of benzene rings is 2. The van der Waals surface area contributed by atoms with Crippen molar-refractivity contribution in [2.75, 3.05) is 18.4 Å². The van der Waals surface area contributed by atoms with Crippen molar-refractivity contribution in [2.24, 2.45) is 4.99 Å². The molecular formula is C22H28N4O. The Morgan fingerprint density at radius 2 is 2.00 bits per heavy atom. The van der Waals surface area contributed by atoms with Crippen LogP contribution >= 0.6 is 0 Å². The fourth-order valence-electron chi connectivity index (χ4n) is 3.43. The van der Waals surface area contributed by atoms with Gasteiger partial charge in [-0.1, -0.05) is 42.0 Å². The summed E-state index contributed by atoms with van der Waals surface area (Å²) in [4.78, 5) is 16.7. The lowest BCUT2D eigenvalue weighted by Crippen LogP contribution is -2.40. The molecule has 27 heavy (non-hydrogen) atoms. The first-order valence-corrected chi connectivity index (χ1v) is 9.54. The number of amides is 1. The molecule has 1 heterocycles. The van der Waals surface area contributed by atoms with Gasteiger partial charge in [-0.25, -0.2) is 4.99 Å². The first kappa shape index (κ1) is 19.0. The molecule has 1 atom stereocenters. The van der Waals surface area contributed by atoms with Crippen LogP contribution in [0.25, 0.3) is 0 Å². The number of rotatable bonds is 5. The molecule has 0 saturated carbocycles. The minimum Gasteiger partial charge on any atom is -0.357 e. The number of hydrogen-bond donors (Lipinski definition) is 3. The van der Waals surface area contributed by atoms with E-state index in [4.69, 9.17) is 4.99 Å². The van der Waals surface area contributed by atoms with E-state index in [1.54, 1.807) is 0 Å². The SMILES string of the molecule is CCNC(=NCc1ccc(C)cc1C)NCC1CC(=O)Nc2ccccc21. The zero-order chi connectivity index (χ0) is 19.2. The largest absolute Gasteiger partial charge is 0.357 e. The molecule has 0 bridgehead atoms. The summed E-state index contributed by atoms with van der Waals surface area (Å²) in [5.74, 6) is 0.985. The van der Waals surface area contributed by atoms with Gasteiger partial charge in [-0.3, -0.25) is 4.79 Å². The predicted molar refractivity (Wildman–Crippen MR) is 111 cm³/mol. The molecule has 2 aromatic rings. The molecule has 142 valence electrons. The van der Waals surface area contributed by atoms with Gasteiger partial charge in [0.25, 0.3) is 0 Å². The highest BCUT2D eigenvalue weighted by atomic mass is 16.1. The highest BCUT2D eigenvalue weighted by molar-refractivity contribution is 5.94. The lowest BCUT2D eigenvalue weighted by atomic mass is 9.90. The number of carbonyl (C=O) groups excluding carboxylic acids is 1. The average molecular weight is 364 g/mol. The molecule has 2 aromatic carbocycles. The van der Waals surface area contributed by atoms with Crippen LogP contribution < -0.4 is 16.0 Å². The normalized spacial score (nSPS) is 16.5. The summed E-state index contributed by atoms with van der Waals surface area (Å²) in [6.45, 7) is 8.37. The zero-order valence-corrected chi connectivity index (χ0v) is 16.3. The Hall–Kier alpha value is -2.82. The lowest BCUT2D eigenvalue weighted by molar-refractivity contribution is -0.116. The molecule has 5 nitrogen and oxygen atoms in total. The first-order valence-electron chi connectivity index (χ1n) is 9.54. The number of anilines is 1. The Morgan fingerprint density at radius 3 is 2.78 bits per heavy atom. The van der Waals surface area contributed by atoms with E-state index < -0.39 is 0 Å². The molecule has 1 aliphatic rings. The Labute approximate surface area is 161 Å².